The van der Waals surface area contributed by atoms with Gasteiger partial charge < -0.3 is 5.43 Å². The molecule has 0 aliphatic rings. The Labute approximate surface area is 100 Å². The van der Waals surface area contributed by atoms with Gasteiger partial charge >= 0.3 is 0 Å². The van der Waals surface area contributed by atoms with Crippen LogP contribution in [0.15, 0.2) is 29.4 Å². The van der Waals surface area contributed by atoms with Crippen molar-refractivity contribution in [3.63, 3.8) is 0 Å². The highest BCUT2D eigenvalue weighted by atomic mass is 32.2. The van der Waals surface area contributed by atoms with E-state index >= 15 is 0 Å². The summed E-state index contributed by atoms with van der Waals surface area (Å²) in [7, 11) is -1.41. The average Bonchev–Trinajstić information content (AvgIpc) is 2.24. The molecule has 1 N–H and O–H groups in total. The van der Waals surface area contributed by atoms with Gasteiger partial charge in [0.25, 0.3) is 0 Å². The molecule has 0 amide bonds. The molecule has 0 aliphatic carbocycles. The molecule has 1 rings (SSSR count). The van der Waals surface area contributed by atoms with Crippen LogP contribution in [-0.2, 0) is 9.84 Å². The van der Waals surface area contributed by atoms with Crippen molar-refractivity contribution in [3.05, 3.63) is 35.6 Å². The highest BCUT2D eigenvalue weighted by Gasteiger charge is 2.09. The molecular formula is C11H15FN2O2S. The first-order chi connectivity index (χ1) is 7.92. The average molecular weight is 258 g/mol. The van der Waals surface area contributed by atoms with Crippen LogP contribution in [-0.4, -0.2) is 33.2 Å². The van der Waals surface area contributed by atoms with Crippen molar-refractivity contribution >= 4 is 15.5 Å². The van der Waals surface area contributed by atoms with Gasteiger partial charge in [-0.15, -0.1) is 0 Å². The zero-order valence-electron chi connectivity index (χ0n) is 9.77. The van der Waals surface area contributed by atoms with Gasteiger partial charge in [-0.3, -0.25) is 0 Å². The quantitative estimate of drug-likeness (QED) is 0.637. The van der Waals surface area contributed by atoms with Crippen LogP contribution in [0.5, 0.6) is 0 Å². The van der Waals surface area contributed by atoms with Crippen LogP contribution >= 0.6 is 0 Å². The smallest absolute Gasteiger partial charge is 0.147 e. The summed E-state index contributed by atoms with van der Waals surface area (Å²) in [6.45, 7) is 0. The van der Waals surface area contributed by atoms with Crippen molar-refractivity contribution in [1.29, 1.82) is 0 Å². The number of nitrogens with zero attached hydrogens (tertiary/aromatic N) is 1. The Bertz CT molecular complexity index is 495. The Hall–Kier alpha value is -1.43. The number of hydrazone groups is 1. The van der Waals surface area contributed by atoms with Gasteiger partial charge in [-0.1, -0.05) is 12.1 Å². The molecule has 0 aliphatic heterocycles. The molecule has 1 aromatic rings. The lowest BCUT2D eigenvalue weighted by Gasteiger charge is -2.06. The Balaban J connectivity index is 2.87. The van der Waals surface area contributed by atoms with Crippen molar-refractivity contribution in [1.82, 2.24) is 5.43 Å². The lowest BCUT2D eigenvalue weighted by atomic mass is 10.1. The molecule has 0 radical (unpaired) electrons. The molecule has 0 spiro atoms. The molecule has 94 valence electrons. The Morgan fingerprint density at radius 3 is 2.41 bits per heavy atom. The number of halogens is 1. The second kappa shape index (κ2) is 5.77. The number of hydrogen-bond acceptors (Lipinski definition) is 4. The summed E-state index contributed by atoms with van der Waals surface area (Å²) in [4.78, 5) is 0. The molecule has 0 aromatic heterocycles. The molecule has 0 heterocycles. The molecule has 4 nitrogen and oxygen atoms in total. The van der Waals surface area contributed by atoms with E-state index in [-0.39, 0.29) is 11.6 Å². The normalized spacial score (nSPS) is 12.5. The summed E-state index contributed by atoms with van der Waals surface area (Å²) in [6, 6.07) is 5.80. The molecule has 1 aromatic carbocycles. The maximum atomic E-state index is 12.8. The van der Waals surface area contributed by atoms with Gasteiger partial charge in [0.05, 0.1) is 11.5 Å². The van der Waals surface area contributed by atoms with Crippen LogP contribution in [0, 0.1) is 5.82 Å². The Morgan fingerprint density at radius 1 is 1.35 bits per heavy atom. The maximum Gasteiger partial charge on any atom is 0.147 e. The fourth-order valence-electron chi connectivity index (χ4n) is 1.32. The van der Waals surface area contributed by atoms with E-state index in [2.05, 4.69) is 10.5 Å². The fourth-order valence-corrected chi connectivity index (χ4v) is 1.89. The minimum atomic E-state index is -3.04. The van der Waals surface area contributed by atoms with Crippen LogP contribution in [0.2, 0.25) is 0 Å². The first-order valence-corrected chi connectivity index (χ1v) is 7.15. The molecule has 0 unspecified atom stereocenters. The summed E-state index contributed by atoms with van der Waals surface area (Å²) in [6.07, 6.45) is 1.47. The second-order valence-corrected chi connectivity index (χ2v) is 5.93. The summed E-state index contributed by atoms with van der Waals surface area (Å²) in [5.74, 6) is -0.314. The zero-order valence-corrected chi connectivity index (χ0v) is 10.6. The molecule has 0 saturated carbocycles. The first-order valence-electron chi connectivity index (χ1n) is 5.09. The SMILES string of the molecule is CN/N=C(/CCS(C)(=O)=O)c1ccc(F)cc1. The molecule has 0 bridgehead atoms. The summed E-state index contributed by atoms with van der Waals surface area (Å²) < 4.78 is 34.9. The monoisotopic (exact) mass is 258 g/mol. The third-order valence-electron chi connectivity index (χ3n) is 2.13. The number of benzene rings is 1. The van der Waals surface area contributed by atoms with E-state index in [1.54, 1.807) is 19.2 Å². The van der Waals surface area contributed by atoms with E-state index in [4.69, 9.17) is 0 Å². The van der Waals surface area contributed by atoms with Crippen LogP contribution in [0.1, 0.15) is 12.0 Å². The molecule has 0 fully saturated rings. The van der Waals surface area contributed by atoms with E-state index in [0.717, 1.165) is 0 Å². The van der Waals surface area contributed by atoms with Gasteiger partial charge in [-0.25, -0.2) is 12.8 Å². The maximum absolute atomic E-state index is 12.8. The standard InChI is InChI=1S/C11H15FN2O2S/c1-13-14-11(7-8-17(2,15)16)9-3-5-10(12)6-4-9/h3-6,13H,7-8H2,1-2H3/b14-11-. The lowest BCUT2D eigenvalue weighted by molar-refractivity contribution is 0.602. The van der Waals surface area contributed by atoms with Crippen LogP contribution in [0.25, 0.3) is 0 Å². The zero-order chi connectivity index (χ0) is 12.9. The van der Waals surface area contributed by atoms with Crippen LogP contribution < -0.4 is 5.43 Å². The number of sulfone groups is 1. The largest absolute Gasteiger partial charge is 0.313 e. The number of nitrogens with one attached hydrogen (secondary N) is 1. The molecular weight excluding hydrogens is 243 g/mol. The van der Waals surface area contributed by atoms with Crippen molar-refractivity contribution < 1.29 is 12.8 Å². The van der Waals surface area contributed by atoms with Crippen LogP contribution in [0.3, 0.4) is 0 Å². The van der Waals surface area contributed by atoms with Crippen molar-refractivity contribution in [2.45, 2.75) is 6.42 Å². The fraction of sp³-hybridized carbons (Fsp3) is 0.364. The minimum Gasteiger partial charge on any atom is -0.313 e. The molecule has 17 heavy (non-hydrogen) atoms. The number of hydrogen-bond donors (Lipinski definition) is 1. The molecule has 0 atom stereocenters. The van der Waals surface area contributed by atoms with Gasteiger partial charge in [-0.05, 0) is 17.7 Å². The molecule has 6 heteroatoms. The Morgan fingerprint density at radius 2 is 1.94 bits per heavy atom. The Kier molecular flexibility index (Phi) is 4.62. The molecule has 0 saturated heterocycles. The van der Waals surface area contributed by atoms with Crippen LogP contribution in [0.4, 0.5) is 4.39 Å². The lowest BCUT2D eigenvalue weighted by Crippen LogP contribution is -2.13. The third-order valence-corrected chi connectivity index (χ3v) is 3.08. The first kappa shape index (κ1) is 13.6. The van der Waals surface area contributed by atoms with E-state index in [0.29, 0.717) is 17.7 Å². The summed E-state index contributed by atoms with van der Waals surface area (Å²) >= 11 is 0. The second-order valence-electron chi connectivity index (χ2n) is 3.67. The predicted octanol–water partition coefficient (Wildman–Crippen LogP) is 1.18. The van der Waals surface area contributed by atoms with Gasteiger partial charge in [-0.2, -0.15) is 5.10 Å². The number of rotatable bonds is 5. The third kappa shape index (κ3) is 4.95. The van der Waals surface area contributed by atoms with E-state index in [1.165, 1.54) is 18.4 Å². The van der Waals surface area contributed by atoms with Crippen molar-refractivity contribution in [2.75, 3.05) is 19.1 Å². The summed E-state index contributed by atoms with van der Waals surface area (Å²) in [5, 5.41) is 4.01. The van der Waals surface area contributed by atoms with Gasteiger partial charge in [0.1, 0.15) is 15.7 Å². The van der Waals surface area contributed by atoms with Crippen molar-refractivity contribution in [2.24, 2.45) is 5.10 Å². The minimum absolute atomic E-state index is 0.0187. The van der Waals surface area contributed by atoms with Crippen molar-refractivity contribution in [3.8, 4) is 0 Å². The van der Waals surface area contributed by atoms with E-state index in [1.807, 2.05) is 0 Å². The van der Waals surface area contributed by atoms with Gasteiger partial charge in [0.15, 0.2) is 0 Å². The van der Waals surface area contributed by atoms with E-state index in [9.17, 15) is 12.8 Å². The van der Waals surface area contributed by atoms with E-state index < -0.39 is 9.84 Å². The highest BCUT2D eigenvalue weighted by Crippen LogP contribution is 2.07. The van der Waals surface area contributed by atoms with Gasteiger partial charge in [0.2, 0.25) is 0 Å². The summed E-state index contributed by atoms with van der Waals surface area (Å²) in [5.41, 5.74) is 3.92. The van der Waals surface area contributed by atoms with Gasteiger partial charge in [0, 0.05) is 19.7 Å². The topological polar surface area (TPSA) is 58.5 Å². The highest BCUT2D eigenvalue weighted by molar-refractivity contribution is 7.90. The predicted molar refractivity (Wildman–Crippen MR) is 66.3 cm³/mol.